The van der Waals surface area contributed by atoms with Gasteiger partial charge in [-0.1, -0.05) is 29.8 Å². The van der Waals surface area contributed by atoms with Gasteiger partial charge in [-0.3, -0.25) is 0 Å². The maximum absolute atomic E-state index is 12.8. The number of nitrogens with zero attached hydrogens (tertiary/aromatic N) is 1. The van der Waals surface area contributed by atoms with Crippen molar-refractivity contribution in [2.24, 2.45) is 10.1 Å². The standard InChI is InChI=1S/C15H24N2O3S/c1-12-6-5-7-13(10-12)11-21(19,9-8-16)17-14(18)20-15(2,3)4/h5-7,10H,8-9,11,16H2,1-4H3. The van der Waals surface area contributed by atoms with Crippen molar-refractivity contribution in [3.8, 4) is 0 Å². The molecule has 0 saturated carbocycles. The Kier molecular flexibility index (Phi) is 5.92. The van der Waals surface area contributed by atoms with E-state index in [2.05, 4.69) is 4.36 Å². The Balaban J connectivity index is 3.02. The zero-order valence-corrected chi connectivity index (χ0v) is 13.9. The van der Waals surface area contributed by atoms with Gasteiger partial charge in [0.15, 0.2) is 0 Å². The topological polar surface area (TPSA) is 81.8 Å². The van der Waals surface area contributed by atoms with E-state index in [1.807, 2.05) is 31.2 Å². The average molecular weight is 312 g/mol. The number of aryl methyl sites for hydroxylation is 1. The van der Waals surface area contributed by atoms with Gasteiger partial charge in [0.05, 0.1) is 15.5 Å². The zero-order valence-electron chi connectivity index (χ0n) is 13.1. The summed E-state index contributed by atoms with van der Waals surface area (Å²) in [5.41, 5.74) is 6.79. The smallest absolute Gasteiger partial charge is 0.442 e. The molecule has 0 bridgehead atoms. The van der Waals surface area contributed by atoms with Gasteiger partial charge in [0.2, 0.25) is 0 Å². The van der Waals surface area contributed by atoms with E-state index in [9.17, 15) is 9.00 Å². The summed E-state index contributed by atoms with van der Waals surface area (Å²) in [6, 6.07) is 7.65. The van der Waals surface area contributed by atoms with Crippen molar-refractivity contribution >= 4 is 15.8 Å². The van der Waals surface area contributed by atoms with E-state index in [0.717, 1.165) is 11.1 Å². The molecule has 1 amide bonds. The van der Waals surface area contributed by atoms with Crippen LogP contribution in [0.15, 0.2) is 28.6 Å². The third kappa shape index (κ3) is 6.73. The molecule has 1 atom stereocenters. The van der Waals surface area contributed by atoms with Crippen LogP contribution in [0, 0.1) is 6.92 Å². The van der Waals surface area contributed by atoms with Crippen molar-refractivity contribution in [1.82, 2.24) is 0 Å². The first-order chi connectivity index (χ1) is 9.63. The molecule has 6 heteroatoms. The van der Waals surface area contributed by atoms with Crippen LogP contribution in [0.1, 0.15) is 31.9 Å². The van der Waals surface area contributed by atoms with E-state index < -0.39 is 21.4 Å². The first-order valence-electron chi connectivity index (χ1n) is 6.85. The van der Waals surface area contributed by atoms with Crippen molar-refractivity contribution < 1.29 is 13.7 Å². The van der Waals surface area contributed by atoms with Crippen molar-refractivity contribution in [2.75, 3.05) is 12.3 Å². The molecule has 1 aromatic rings. The summed E-state index contributed by atoms with van der Waals surface area (Å²) in [6.45, 7) is 7.39. The molecule has 0 spiro atoms. The summed E-state index contributed by atoms with van der Waals surface area (Å²) in [4.78, 5) is 11.8. The Labute approximate surface area is 127 Å². The quantitative estimate of drug-likeness (QED) is 0.926. The number of nitrogens with two attached hydrogens (primary N) is 1. The fraction of sp³-hybridized carbons (Fsp3) is 0.533. The van der Waals surface area contributed by atoms with Crippen LogP contribution in [-0.4, -0.2) is 28.2 Å². The minimum atomic E-state index is -2.76. The Morgan fingerprint density at radius 3 is 2.57 bits per heavy atom. The number of hydrogen-bond acceptors (Lipinski definition) is 4. The number of rotatable bonds is 4. The maximum atomic E-state index is 12.8. The Morgan fingerprint density at radius 1 is 1.38 bits per heavy atom. The van der Waals surface area contributed by atoms with E-state index in [4.69, 9.17) is 10.5 Å². The fourth-order valence-corrected chi connectivity index (χ4v) is 3.49. The molecule has 0 radical (unpaired) electrons. The number of amides is 1. The molecule has 1 rings (SSSR count). The average Bonchev–Trinajstić information content (AvgIpc) is 2.25. The lowest BCUT2D eigenvalue weighted by molar-refractivity contribution is 0.0607. The predicted octanol–water partition coefficient (Wildman–Crippen LogP) is 2.86. The number of carbonyl (C=O) groups excluding carboxylic acids is 1. The maximum Gasteiger partial charge on any atom is 0.442 e. The molecule has 5 nitrogen and oxygen atoms in total. The lowest BCUT2D eigenvalue weighted by Crippen LogP contribution is -2.24. The molecular weight excluding hydrogens is 288 g/mol. The zero-order chi connectivity index (χ0) is 16.1. The van der Waals surface area contributed by atoms with Crippen LogP contribution in [0.3, 0.4) is 0 Å². The van der Waals surface area contributed by atoms with Crippen molar-refractivity contribution in [2.45, 2.75) is 39.0 Å². The van der Waals surface area contributed by atoms with Gasteiger partial charge < -0.3 is 10.5 Å². The summed E-state index contributed by atoms with van der Waals surface area (Å²) < 4.78 is 21.7. The molecule has 0 heterocycles. The third-order valence-electron chi connectivity index (χ3n) is 2.55. The van der Waals surface area contributed by atoms with Gasteiger partial charge in [-0.2, -0.15) is 0 Å². The van der Waals surface area contributed by atoms with Crippen molar-refractivity contribution in [1.29, 1.82) is 0 Å². The Bertz CT molecular complexity index is 612. The van der Waals surface area contributed by atoms with Crippen LogP contribution in [0.4, 0.5) is 4.79 Å². The van der Waals surface area contributed by atoms with E-state index >= 15 is 0 Å². The van der Waals surface area contributed by atoms with Gasteiger partial charge in [0.1, 0.15) is 5.60 Å². The molecule has 1 unspecified atom stereocenters. The van der Waals surface area contributed by atoms with E-state index in [-0.39, 0.29) is 18.1 Å². The highest BCUT2D eigenvalue weighted by Gasteiger charge is 2.19. The first kappa shape index (κ1) is 17.7. The first-order valence-corrected chi connectivity index (χ1v) is 8.70. The Hall–Kier alpha value is -1.40. The van der Waals surface area contributed by atoms with Crippen LogP contribution in [0.25, 0.3) is 0 Å². The van der Waals surface area contributed by atoms with Crippen molar-refractivity contribution in [3.05, 3.63) is 35.4 Å². The molecule has 21 heavy (non-hydrogen) atoms. The van der Waals surface area contributed by atoms with E-state index in [1.165, 1.54) is 0 Å². The molecular formula is C15H24N2O3S. The van der Waals surface area contributed by atoms with Gasteiger partial charge in [0, 0.05) is 12.3 Å². The minimum Gasteiger partial charge on any atom is -0.442 e. The van der Waals surface area contributed by atoms with Gasteiger partial charge in [0.25, 0.3) is 0 Å². The van der Waals surface area contributed by atoms with Gasteiger partial charge in [-0.15, -0.1) is 4.36 Å². The van der Waals surface area contributed by atoms with Crippen LogP contribution in [0.5, 0.6) is 0 Å². The number of hydrogen-bond donors (Lipinski definition) is 1. The molecule has 0 aliphatic heterocycles. The molecule has 0 aliphatic rings. The molecule has 1 aromatic carbocycles. The highest BCUT2D eigenvalue weighted by molar-refractivity contribution is 7.93. The second kappa shape index (κ2) is 7.04. The molecule has 0 saturated heterocycles. The van der Waals surface area contributed by atoms with Crippen LogP contribution in [0.2, 0.25) is 0 Å². The largest absolute Gasteiger partial charge is 0.442 e. The summed E-state index contributed by atoms with van der Waals surface area (Å²) in [5, 5.41) is 0. The number of carbonyl (C=O) groups is 1. The molecule has 118 valence electrons. The highest BCUT2D eigenvalue weighted by atomic mass is 32.2. The third-order valence-corrected chi connectivity index (χ3v) is 4.69. The summed E-state index contributed by atoms with van der Waals surface area (Å²) in [7, 11) is -2.76. The highest BCUT2D eigenvalue weighted by Crippen LogP contribution is 2.14. The fourth-order valence-electron chi connectivity index (χ4n) is 1.81. The van der Waals surface area contributed by atoms with Crippen LogP contribution < -0.4 is 5.73 Å². The second-order valence-corrected chi connectivity index (χ2v) is 8.39. The van der Waals surface area contributed by atoms with Crippen molar-refractivity contribution in [3.63, 3.8) is 0 Å². The lowest BCUT2D eigenvalue weighted by atomic mass is 10.2. The number of benzene rings is 1. The molecule has 0 aromatic heterocycles. The SMILES string of the molecule is Cc1cccc(CS(=O)(CCN)=NC(=O)OC(C)(C)C)c1. The number of ether oxygens (including phenoxy) is 1. The second-order valence-electron chi connectivity index (χ2n) is 5.97. The van der Waals surface area contributed by atoms with Gasteiger partial charge in [-0.05, 0) is 33.3 Å². The molecule has 0 aliphatic carbocycles. The van der Waals surface area contributed by atoms with Crippen LogP contribution in [-0.2, 0) is 20.2 Å². The molecule has 0 fully saturated rings. The van der Waals surface area contributed by atoms with Gasteiger partial charge in [-0.25, -0.2) is 9.00 Å². The molecule has 2 N–H and O–H groups in total. The van der Waals surface area contributed by atoms with E-state index in [0.29, 0.717) is 0 Å². The van der Waals surface area contributed by atoms with Crippen LogP contribution >= 0.6 is 0 Å². The summed E-state index contributed by atoms with van der Waals surface area (Å²) >= 11 is 0. The lowest BCUT2D eigenvalue weighted by Gasteiger charge is -2.18. The summed E-state index contributed by atoms with van der Waals surface area (Å²) in [5.74, 6) is 0.366. The monoisotopic (exact) mass is 312 g/mol. The van der Waals surface area contributed by atoms with Gasteiger partial charge >= 0.3 is 6.09 Å². The Morgan fingerprint density at radius 2 is 2.05 bits per heavy atom. The predicted molar refractivity (Wildman–Crippen MR) is 85.6 cm³/mol. The minimum absolute atomic E-state index is 0.167. The normalized spacial score (nSPS) is 14.3. The van der Waals surface area contributed by atoms with E-state index in [1.54, 1.807) is 20.8 Å². The summed E-state index contributed by atoms with van der Waals surface area (Å²) in [6.07, 6.45) is -0.798.